The van der Waals surface area contributed by atoms with Crippen molar-refractivity contribution >= 4 is 5.69 Å². The van der Waals surface area contributed by atoms with Crippen LogP contribution in [0, 0.1) is 6.92 Å². The second-order valence-corrected chi connectivity index (χ2v) is 6.07. The van der Waals surface area contributed by atoms with Gasteiger partial charge in [0.1, 0.15) is 5.75 Å². The minimum Gasteiger partial charge on any atom is -0.495 e. The Hall–Kier alpha value is -1.22. The van der Waals surface area contributed by atoms with E-state index < -0.39 is 0 Å². The lowest BCUT2D eigenvalue weighted by Crippen LogP contribution is -2.44. The van der Waals surface area contributed by atoms with Gasteiger partial charge in [0.25, 0.3) is 0 Å². The largest absolute Gasteiger partial charge is 0.495 e. The third-order valence-corrected chi connectivity index (χ3v) is 4.81. The number of anilines is 1. The molecule has 3 rings (SSSR count). The molecule has 0 saturated carbocycles. The Morgan fingerprint density at radius 2 is 1.89 bits per heavy atom. The summed E-state index contributed by atoms with van der Waals surface area (Å²) < 4.78 is 5.49. The van der Waals surface area contributed by atoms with Gasteiger partial charge in [0, 0.05) is 18.1 Å². The third-order valence-electron chi connectivity index (χ3n) is 4.81. The highest BCUT2D eigenvalue weighted by Gasteiger charge is 2.38. The van der Waals surface area contributed by atoms with Crippen molar-refractivity contribution in [1.29, 1.82) is 0 Å². The number of hydrogen-bond donors (Lipinski definition) is 1. The van der Waals surface area contributed by atoms with E-state index in [1.807, 2.05) is 0 Å². The van der Waals surface area contributed by atoms with E-state index in [1.54, 1.807) is 7.11 Å². The normalized spacial score (nSPS) is 30.4. The van der Waals surface area contributed by atoms with Gasteiger partial charge in [-0.2, -0.15) is 0 Å². The fourth-order valence-corrected chi connectivity index (χ4v) is 3.67. The molecule has 2 heterocycles. The number of hydrogen-bond acceptors (Lipinski definition) is 3. The van der Waals surface area contributed by atoms with Crippen molar-refractivity contribution in [3.63, 3.8) is 0 Å². The van der Waals surface area contributed by atoms with E-state index in [0.717, 1.165) is 23.5 Å². The van der Waals surface area contributed by atoms with Crippen LogP contribution in [0.2, 0.25) is 0 Å². The van der Waals surface area contributed by atoms with Gasteiger partial charge in [0.15, 0.2) is 0 Å². The summed E-state index contributed by atoms with van der Waals surface area (Å²) in [5, 5.41) is 3.70. The highest BCUT2D eigenvalue weighted by atomic mass is 16.5. The second kappa shape index (κ2) is 5.04. The summed E-state index contributed by atoms with van der Waals surface area (Å²) in [6.45, 7) is 2.10. The van der Waals surface area contributed by atoms with E-state index in [0.29, 0.717) is 6.04 Å². The fourth-order valence-electron chi connectivity index (χ4n) is 3.67. The molecule has 0 radical (unpaired) electrons. The van der Waals surface area contributed by atoms with E-state index in [1.165, 1.54) is 31.2 Å². The van der Waals surface area contributed by atoms with Crippen LogP contribution in [0.15, 0.2) is 18.2 Å². The number of rotatable bonds is 3. The standard InChI is InChI=1S/C16H24N2O/c1-11-4-7-15(16(8-11)19-3)17-12-9-13-5-6-14(10-12)18(13)2/h4,7-8,12-14,17H,5-6,9-10H2,1-3H3. The molecule has 19 heavy (non-hydrogen) atoms. The predicted molar refractivity (Wildman–Crippen MR) is 78.9 cm³/mol. The van der Waals surface area contributed by atoms with Gasteiger partial charge in [-0.15, -0.1) is 0 Å². The Kier molecular flexibility index (Phi) is 3.40. The number of nitrogens with zero attached hydrogens (tertiary/aromatic N) is 1. The Balaban J connectivity index is 1.72. The first-order valence-electron chi connectivity index (χ1n) is 7.30. The molecule has 3 nitrogen and oxygen atoms in total. The van der Waals surface area contributed by atoms with Crippen molar-refractivity contribution in [2.75, 3.05) is 19.5 Å². The van der Waals surface area contributed by atoms with E-state index in [4.69, 9.17) is 4.74 Å². The van der Waals surface area contributed by atoms with Crippen molar-refractivity contribution in [3.05, 3.63) is 23.8 Å². The van der Waals surface area contributed by atoms with Gasteiger partial charge in [0.2, 0.25) is 0 Å². The third kappa shape index (κ3) is 2.44. The maximum absolute atomic E-state index is 5.49. The monoisotopic (exact) mass is 260 g/mol. The molecular formula is C16H24N2O. The van der Waals surface area contributed by atoms with Crippen LogP contribution in [0.5, 0.6) is 5.75 Å². The molecule has 2 aliphatic heterocycles. The molecule has 2 bridgehead atoms. The molecule has 2 saturated heterocycles. The average Bonchev–Trinajstić information content (AvgIpc) is 2.64. The van der Waals surface area contributed by atoms with Crippen LogP contribution in [0.3, 0.4) is 0 Å². The van der Waals surface area contributed by atoms with Crippen LogP contribution in [-0.2, 0) is 0 Å². The molecule has 0 aliphatic carbocycles. The quantitative estimate of drug-likeness (QED) is 0.904. The molecule has 1 aromatic rings. The first kappa shape index (κ1) is 12.8. The Morgan fingerprint density at radius 1 is 1.21 bits per heavy atom. The van der Waals surface area contributed by atoms with Crippen LogP contribution >= 0.6 is 0 Å². The van der Waals surface area contributed by atoms with E-state index >= 15 is 0 Å². The van der Waals surface area contributed by atoms with Crippen LogP contribution < -0.4 is 10.1 Å². The highest BCUT2D eigenvalue weighted by Crippen LogP contribution is 2.36. The van der Waals surface area contributed by atoms with Gasteiger partial charge in [0.05, 0.1) is 12.8 Å². The van der Waals surface area contributed by atoms with Crippen molar-refractivity contribution in [3.8, 4) is 5.75 Å². The summed E-state index contributed by atoms with van der Waals surface area (Å²) >= 11 is 0. The summed E-state index contributed by atoms with van der Waals surface area (Å²) in [6, 6.07) is 8.53. The van der Waals surface area contributed by atoms with Gasteiger partial charge < -0.3 is 15.0 Å². The lowest BCUT2D eigenvalue weighted by Gasteiger charge is -2.37. The topological polar surface area (TPSA) is 24.5 Å². The van der Waals surface area contributed by atoms with E-state index in [2.05, 4.69) is 42.4 Å². The molecule has 1 aromatic carbocycles. The van der Waals surface area contributed by atoms with Crippen molar-refractivity contribution < 1.29 is 4.74 Å². The number of aryl methyl sites for hydroxylation is 1. The summed E-state index contributed by atoms with van der Waals surface area (Å²) in [5.41, 5.74) is 2.38. The Bertz CT molecular complexity index is 446. The maximum Gasteiger partial charge on any atom is 0.142 e. The Labute approximate surface area is 115 Å². The maximum atomic E-state index is 5.49. The molecule has 2 unspecified atom stereocenters. The first-order valence-corrected chi connectivity index (χ1v) is 7.30. The number of benzene rings is 1. The second-order valence-electron chi connectivity index (χ2n) is 6.07. The smallest absolute Gasteiger partial charge is 0.142 e. The lowest BCUT2D eigenvalue weighted by molar-refractivity contribution is 0.169. The highest BCUT2D eigenvalue weighted by molar-refractivity contribution is 5.58. The summed E-state index contributed by atoms with van der Waals surface area (Å²) in [5.74, 6) is 0.964. The molecule has 1 N–H and O–H groups in total. The average molecular weight is 260 g/mol. The van der Waals surface area contributed by atoms with Crippen LogP contribution in [0.1, 0.15) is 31.2 Å². The molecule has 0 amide bonds. The Morgan fingerprint density at radius 3 is 2.53 bits per heavy atom. The number of fused-ring (bicyclic) bond motifs is 2. The van der Waals surface area contributed by atoms with Crippen LogP contribution in [0.4, 0.5) is 5.69 Å². The van der Waals surface area contributed by atoms with E-state index in [9.17, 15) is 0 Å². The van der Waals surface area contributed by atoms with Gasteiger partial charge in [-0.3, -0.25) is 0 Å². The number of methoxy groups -OCH3 is 1. The summed E-state index contributed by atoms with van der Waals surface area (Å²) in [6.07, 6.45) is 5.24. The lowest BCUT2D eigenvalue weighted by atomic mass is 9.97. The van der Waals surface area contributed by atoms with Gasteiger partial charge in [-0.05, 0) is 57.4 Å². The molecular weight excluding hydrogens is 236 g/mol. The van der Waals surface area contributed by atoms with Crippen molar-refractivity contribution in [2.45, 2.75) is 50.7 Å². The molecule has 0 aromatic heterocycles. The number of ether oxygens (including phenoxy) is 1. The van der Waals surface area contributed by atoms with Gasteiger partial charge in [-0.25, -0.2) is 0 Å². The summed E-state index contributed by atoms with van der Waals surface area (Å²) in [4.78, 5) is 2.57. The zero-order chi connectivity index (χ0) is 13.4. The minimum atomic E-state index is 0.588. The number of piperidine rings is 1. The molecule has 2 atom stereocenters. The molecule has 104 valence electrons. The van der Waals surface area contributed by atoms with Gasteiger partial charge >= 0.3 is 0 Å². The SMILES string of the molecule is COc1cc(C)ccc1NC1CC2CCC(C1)N2C. The van der Waals surface area contributed by atoms with Crippen LogP contribution in [-0.4, -0.2) is 37.2 Å². The fraction of sp³-hybridized carbons (Fsp3) is 0.625. The van der Waals surface area contributed by atoms with Crippen LogP contribution in [0.25, 0.3) is 0 Å². The molecule has 2 fully saturated rings. The zero-order valence-corrected chi connectivity index (χ0v) is 12.1. The predicted octanol–water partition coefficient (Wildman–Crippen LogP) is 3.04. The number of nitrogens with one attached hydrogen (secondary N) is 1. The van der Waals surface area contributed by atoms with Crippen molar-refractivity contribution in [2.24, 2.45) is 0 Å². The minimum absolute atomic E-state index is 0.588. The first-order chi connectivity index (χ1) is 9.17. The summed E-state index contributed by atoms with van der Waals surface area (Å²) in [7, 11) is 4.03. The zero-order valence-electron chi connectivity index (χ0n) is 12.1. The molecule has 2 aliphatic rings. The van der Waals surface area contributed by atoms with E-state index in [-0.39, 0.29) is 0 Å². The molecule has 0 spiro atoms. The van der Waals surface area contributed by atoms with Crippen molar-refractivity contribution in [1.82, 2.24) is 4.90 Å². The molecule has 3 heteroatoms. The van der Waals surface area contributed by atoms with Gasteiger partial charge in [-0.1, -0.05) is 6.07 Å².